The van der Waals surface area contributed by atoms with Crippen LogP contribution in [0.1, 0.15) is 35.6 Å². The molecule has 1 fully saturated rings. The van der Waals surface area contributed by atoms with Gasteiger partial charge in [-0.1, -0.05) is 35.9 Å². The quantitative estimate of drug-likeness (QED) is 0.521. The van der Waals surface area contributed by atoms with Crippen molar-refractivity contribution in [1.82, 2.24) is 13.7 Å². The van der Waals surface area contributed by atoms with E-state index in [1.165, 1.54) is 15.2 Å². The summed E-state index contributed by atoms with van der Waals surface area (Å²) in [5.41, 5.74) is 3.96. The Morgan fingerprint density at radius 1 is 0.909 bits per heavy atom. The van der Waals surface area contributed by atoms with Crippen LogP contribution in [0.15, 0.2) is 62.9 Å². The van der Waals surface area contributed by atoms with Gasteiger partial charge in [0.2, 0.25) is 0 Å². The number of aromatic nitrogens is 3. The van der Waals surface area contributed by atoms with Crippen LogP contribution >= 0.6 is 0 Å². The molecule has 1 N–H and O–H groups in total. The van der Waals surface area contributed by atoms with Gasteiger partial charge in [-0.25, -0.2) is 9.36 Å². The van der Waals surface area contributed by atoms with E-state index < -0.39 is 5.69 Å². The molecule has 168 valence electrons. The van der Waals surface area contributed by atoms with E-state index in [4.69, 9.17) is 0 Å². The molecule has 7 heteroatoms. The van der Waals surface area contributed by atoms with E-state index in [1.807, 2.05) is 63.2 Å². The zero-order chi connectivity index (χ0) is 23.4. The first-order chi connectivity index (χ1) is 15.8. The van der Waals surface area contributed by atoms with Crippen LogP contribution in [0.2, 0.25) is 0 Å². The standard InChI is InChI=1S/C26H26N4O3/c1-15-8-10-18(11-9-15)27-20-14-21(31)28(4)24-22(20)25(32)29(19-12-13-19)26(33)30(24)23-16(2)6-5-7-17(23)3/h5-11,14,19,27H,12-13H2,1-4H3. The highest BCUT2D eigenvalue weighted by molar-refractivity contribution is 5.91. The van der Waals surface area contributed by atoms with Gasteiger partial charge >= 0.3 is 5.69 Å². The summed E-state index contributed by atoms with van der Waals surface area (Å²) in [6.07, 6.45) is 1.58. The molecule has 1 aliphatic rings. The minimum atomic E-state index is -0.408. The van der Waals surface area contributed by atoms with Gasteiger partial charge in [0, 0.05) is 24.8 Å². The van der Waals surface area contributed by atoms with Crippen molar-refractivity contribution < 1.29 is 0 Å². The molecule has 33 heavy (non-hydrogen) atoms. The molecule has 4 aromatic rings. The summed E-state index contributed by atoms with van der Waals surface area (Å²) in [7, 11) is 1.60. The lowest BCUT2D eigenvalue weighted by atomic mass is 10.1. The number of benzene rings is 2. The lowest BCUT2D eigenvalue weighted by molar-refractivity contribution is 0.636. The summed E-state index contributed by atoms with van der Waals surface area (Å²) < 4.78 is 4.29. The fourth-order valence-electron chi connectivity index (χ4n) is 4.47. The van der Waals surface area contributed by atoms with Crippen molar-refractivity contribution >= 4 is 22.4 Å². The van der Waals surface area contributed by atoms with E-state index in [0.717, 1.165) is 35.2 Å². The number of pyridine rings is 1. The van der Waals surface area contributed by atoms with Crippen molar-refractivity contribution in [3.8, 4) is 5.69 Å². The van der Waals surface area contributed by atoms with E-state index >= 15 is 0 Å². The molecule has 2 heterocycles. The summed E-state index contributed by atoms with van der Waals surface area (Å²) in [6, 6.07) is 14.8. The maximum Gasteiger partial charge on any atom is 0.337 e. The van der Waals surface area contributed by atoms with Crippen LogP contribution in [0.3, 0.4) is 0 Å². The Kier molecular flexibility index (Phi) is 4.85. The van der Waals surface area contributed by atoms with Gasteiger partial charge in [0.05, 0.1) is 11.4 Å². The smallest absolute Gasteiger partial charge is 0.337 e. The Bertz CT molecular complexity index is 1570. The highest BCUT2D eigenvalue weighted by Crippen LogP contribution is 2.34. The summed E-state index contributed by atoms with van der Waals surface area (Å²) in [5, 5.41) is 3.58. The van der Waals surface area contributed by atoms with E-state index in [9.17, 15) is 14.4 Å². The number of rotatable bonds is 4. The lowest BCUT2D eigenvalue weighted by Gasteiger charge is -2.21. The third kappa shape index (κ3) is 3.40. The van der Waals surface area contributed by atoms with Gasteiger partial charge in [-0.15, -0.1) is 0 Å². The third-order valence-electron chi connectivity index (χ3n) is 6.36. The molecule has 0 saturated heterocycles. The Hall–Kier alpha value is -3.87. The molecule has 2 aromatic heterocycles. The molecule has 1 aliphatic carbocycles. The number of hydrogen-bond donors (Lipinski definition) is 1. The second-order valence-corrected chi connectivity index (χ2v) is 8.91. The number of hydrogen-bond acceptors (Lipinski definition) is 4. The molecule has 0 amide bonds. The van der Waals surface area contributed by atoms with Crippen molar-refractivity contribution in [2.24, 2.45) is 7.05 Å². The van der Waals surface area contributed by atoms with Crippen LogP contribution in [0.25, 0.3) is 16.7 Å². The fraction of sp³-hybridized carbons (Fsp3) is 0.269. The van der Waals surface area contributed by atoms with Crippen molar-refractivity contribution in [3.05, 3.63) is 96.4 Å². The number of nitrogens with zero attached hydrogens (tertiary/aromatic N) is 3. The van der Waals surface area contributed by atoms with Gasteiger partial charge in [-0.2, -0.15) is 0 Å². The molecule has 0 bridgehead atoms. The highest BCUT2D eigenvalue weighted by atomic mass is 16.2. The zero-order valence-electron chi connectivity index (χ0n) is 19.2. The van der Waals surface area contributed by atoms with Gasteiger partial charge in [0.1, 0.15) is 11.0 Å². The average Bonchev–Trinajstić information content (AvgIpc) is 3.60. The largest absolute Gasteiger partial charge is 0.355 e. The van der Waals surface area contributed by atoms with Crippen LogP contribution in [0.5, 0.6) is 0 Å². The second-order valence-electron chi connectivity index (χ2n) is 8.91. The number of nitrogens with one attached hydrogen (secondary N) is 1. The van der Waals surface area contributed by atoms with Crippen molar-refractivity contribution in [2.45, 2.75) is 39.7 Å². The minimum Gasteiger partial charge on any atom is -0.355 e. The van der Waals surface area contributed by atoms with E-state index in [1.54, 1.807) is 11.6 Å². The third-order valence-corrected chi connectivity index (χ3v) is 6.36. The molecule has 0 radical (unpaired) electrons. The first-order valence-corrected chi connectivity index (χ1v) is 11.1. The van der Waals surface area contributed by atoms with E-state index in [2.05, 4.69) is 5.32 Å². The Morgan fingerprint density at radius 2 is 1.55 bits per heavy atom. The van der Waals surface area contributed by atoms with Gasteiger partial charge in [-0.3, -0.25) is 18.7 Å². The summed E-state index contributed by atoms with van der Waals surface area (Å²) in [4.78, 5) is 40.5. The summed E-state index contributed by atoms with van der Waals surface area (Å²) in [6.45, 7) is 5.86. The number of fused-ring (bicyclic) bond motifs is 1. The van der Waals surface area contributed by atoms with Gasteiger partial charge in [0.15, 0.2) is 0 Å². The summed E-state index contributed by atoms with van der Waals surface area (Å²) >= 11 is 0. The molecule has 0 aliphatic heterocycles. The Balaban J connectivity index is 1.94. The van der Waals surface area contributed by atoms with Crippen LogP contribution in [0.4, 0.5) is 11.4 Å². The zero-order valence-corrected chi connectivity index (χ0v) is 19.2. The second kappa shape index (κ2) is 7.62. The first-order valence-electron chi connectivity index (χ1n) is 11.1. The minimum absolute atomic E-state index is 0.116. The molecular formula is C26H26N4O3. The molecule has 5 rings (SSSR count). The Labute approximate surface area is 190 Å². The van der Waals surface area contributed by atoms with E-state index in [-0.39, 0.29) is 17.2 Å². The number of para-hydroxylation sites is 1. The maximum absolute atomic E-state index is 13.8. The van der Waals surface area contributed by atoms with Gasteiger partial charge in [0.25, 0.3) is 11.1 Å². The molecule has 2 aromatic carbocycles. The maximum atomic E-state index is 13.8. The van der Waals surface area contributed by atoms with Crippen molar-refractivity contribution in [2.75, 3.05) is 5.32 Å². The van der Waals surface area contributed by atoms with E-state index in [0.29, 0.717) is 22.4 Å². The lowest BCUT2D eigenvalue weighted by Crippen LogP contribution is -2.41. The van der Waals surface area contributed by atoms with Crippen LogP contribution < -0.4 is 22.1 Å². The average molecular weight is 443 g/mol. The van der Waals surface area contributed by atoms with Crippen molar-refractivity contribution in [3.63, 3.8) is 0 Å². The number of anilines is 2. The predicted octanol–water partition coefficient (Wildman–Crippen LogP) is 3.85. The van der Waals surface area contributed by atoms with Crippen LogP contribution in [0, 0.1) is 20.8 Å². The molecule has 0 unspecified atom stereocenters. The monoisotopic (exact) mass is 442 g/mol. The van der Waals surface area contributed by atoms with Gasteiger partial charge in [-0.05, 0) is 56.9 Å². The molecule has 7 nitrogen and oxygen atoms in total. The van der Waals surface area contributed by atoms with Gasteiger partial charge < -0.3 is 5.32 Å². The SMILES string of the molecule is Cc1ccc(Nc2cc(=O)n(C)c3c2c(=O)n(C2CC2)c(=O)n3-c2c(C)cccc2C)cc1. The van der Waals surface area contributed by atoms with Crippen LogP contribution in [-0.4, -0.2) is 13.7 Å². The predicted molar refractivity (Wildman–Crippen MR) is 131 cm³/mol. The number of aryl methyl sites for hydroxylation is 4. The fourth-order valence-corrected chi connectivity index (χ4v) is 4.47. The molecular weight excluding hydrogens is 416 g/mol. The topological polar surface area (TPSA) is 78.0 Å². The van der Waals surface area contributed by atoms with Crippen molar-refractivity contribution in [1.29, 1.82) is 0 Å². The Morgan fingerprint density at radius 3 is 2.15 bits per heavy atom. The molecule has 1 saturated carbocycles. The summed E-state index contributed by atoms with van der Waals surface area (Å²) in [5.74, 6) is 0. The normalized spacial score (nSPS) is 13.5. The molecule has 0 spiro atoms. The highest BCUT2D eigenvalue weighted by Gasteiger charge is 2.31. The first kappa shape index (κ1) is 21.0. The molecule has 0 atom stereocenters. The van der Waals surface area contributed by atoms with Crippen LogP contribution in [-0.2, 0) is 7.05 Å².